The minimum absolute atomic E-state index is 0.219. The van der Waals surface area contributed by atoms with E-state index < -0.39 is 0 Å². The highest BCUT2D eigenvalue weighted by Gasteiger charge is 2.29. The summed E-state index contributed by atoms with van der Waals surface area (Å²) in [6, 6.07) is 3.80. The molecule has 2 aromatic rings. The van der Waals surface area contributed by atoms with Crippen molar-refractivity contribution in [3.05, 3.63) is 35.8 Å². The average molecular weight is 342 g/mol. The number of piperidine rings is 1. The van der Waals surface area contributed by atoms with Crippen molar-refractivity contribution in [3.63, 3.8) is 0 Å². The molecule has 134 valence electrons. The van der Waals surface area contributed by atoms with E-state index in [4.69, 9.17) is 4.42 Å². The highest BCUT2D eigenvalue weighted by molar-refractivity contribution is 5.76. The fourth-order valence-electron chi connectivity index (χ4n) is 4.07. The number of carbonyl (C=O) groups excluding carboxylic acids is 1. The Morgan fingerprint density at radius 1 is 1.20 bits per heavy atom. The number of rotatable bonds is 4. The Kier molecular flexibility index (Phi) is 4.85. The van der Waals surface area contributed by atoms with Crippen molar-refractivity contribution in [1.29, 1.82) is 0 Å². The van der Waals surface area contributed by atoms with Gasteiger partial charge in [0.15, 0.2) is 0 Å². The van der Waals surface area contributed by atoms with E-state index in [9.17, 15) is 4.79 Å². The van der Waals surface area contributed by atoms with Crippen LogP contribution in [0, 0.1) is 0 Å². The molecule has 4 heterocycles. The van der Waals surface area contributed by atoms with Crippen LogP contribution in [0.15, 0.2) is 22.8 Å². The van der Waals surface area contributed by atoms with Crippen molar-refractivity contribution in [2.45, 2.75) is 63.8 Å². The standard InChI is InChI=1S/C19H26N4O2/c24-18(10-9-16-7-5-13-25-16)22-11-4-6-15(14-22)19-21-20-17-8-2-1-3-12-23(17)19/h5,7,13,15H,1-4,6,8-12,14H2. The lowest BCUT2D eigenvalue weighted by atomic mass is 9.96. The summed E-state index contributed by atoms with van der Waals surface area (Å²) >= 11 is 0. The highest BCUT2D eigenvalue weighted by Crippen LogP contribution is 2.28. The van der Waals surface area contributed by atoms with E-state index in [2.05, 4.69) is 14.8 Å². The molecule has 2 aliphatic heterocycles. The second-order valence-electron chi connectivity index (χ2n) is 7.19. The lowest BCUT2D eigenvalue weighted by Gasteiger charge is -2.32. The normalized spacial score (nSPS) is 21.0. The summed E-state index contributed by atoms with van der Waals surface area (Å²) in [5.74, 6) is 3.65. The Bertz CT molecular complexity index is 707. The number of fused-ring (bicyclic) bond motifs is 1. The van der Waals surface area contributed by atoms with Gasteiger partial charge in [-0.25, -0.2) is 0 Å². The predicted molar refractivity (Wildman–Crippen MR) is 93.2 cm³/mol. The van der Waals surface area contributed by atoms with E-state index in [0.29, 0.717) is 18.8 Å². The zero-order valence-electron chi connectivity index (χ0n) is 14.7. The van der Waals surface area contributed by atoms with Gasteiger partial charge in [0.05, 0.1) is 6.26 Å². The third-order valence-corrected chi connectivity index (χ3v) is 5.44. The van der Waals surface area contributed by atoms with Gasteiger partial charge in [0.25, 0.3) is 0 Å². The van der Waals surface area contributed by atoms with Gasteiger partial charge in [0, 0.05) is 44.8 Å². The van der Waals surface area contributed by atoms with Gasteiger partial charge in [-0.05, 0) is 37.8 Å². The first-order chi connectivity index (χ1) is 12.3. The molecule has 0 aliphatic carbocycles. The van der Waals surface area contributed by atoms with Gasteiger partial charge >= 0.3 is 0 Å². The van der Waals surface area contributed by atoms with Gasteiger partial charge < -0.3 is 13.9 Å². The first-order valence-electron chi connectivity index (χ1n) is 9.53. The molecular formula is C19H26N4O2. The number of likely N-dealkylation sites (tertiary alicyclic amines) is 1. The van der Waals surface area contributed by atoms with Gasteiger partial charge in [-0.1, -0.05) is 6.42 Å². The molecule has 0 aromatic carbocycles. The van der Waals surface area contributed by atoms with Crippen molar-refractivity contribution in [2.75, 3.05) is 13.1 Å². The van der Waals surface area contributed by atoms with Crippen LogP contribution < -0.4 is 0 Å². The first kappa shape index (κ1) is 16.4. The van der Waals surface area contributed by atoms with E-state index in [1.54, 1.807) is 6.26 Å². The topological polar surface area (TPSA) is 64.2 Å². The Morgan fingerprint density at radius 3 is 3.04 bits per heavy atom. The molecule has 0 radical (unpaired) electrons. The number of hydrogen-bond acceptors (Lipinski definition) is 4. The third kappa shape index (κ3) is 3.62. The smallest absolute Gasteiger partial charge is 0.223 e. The minimum Gasteiger partial charge on any atom is -0.469 e. The van der Waals surface area contributed by atoms with E-state index >= 15 is 0 Å². The van der Waals surface area contributed by atoms with Crippen LogP contribution in [0.5, 0.6) is 0 Å². The second kappa shape index (κ2) is 7.42. The van der Waals surface area contributed by atoms with Crippen molar-refractivity contribution >= 4 is 5.91 Å². The van der Waals surface area contributed by atoms with Crippen LogP contribution in [0.4, 0.5) is 0 Å². The molecule has 0 N–H and O–H groups in total. The zero-order valence-corrected chi connectivity index (χ0v) is 14.7. The predicted octanol–water partition coefficient (Wildman–Crippen LogP) is 2.94. The van der Waals surface area contributed by atoms with Crippen molar-refractivity contribution in [3.8, 4) is 0 Å². The Hall–Kier alpha value is -2.11. The number of hydrogen-bond donors (Lipinski definition) is 0. The SMILES string of the molecule is O=C(CCc1ccco1)N1CCCC(c2nnc3n2CCCCC3)C1. The maximum atomic E-state index is 12.6. The van der Waals surface area contributed by atoms with Gasteiger partial charge in [-0.2, -0.15) is 0 Å². The molecule has 0 bridgehead atoms. The van der Waals surface area contributed by atoms with Crippen LogP contribution in [0.25, 0.3) is 0 Å². The van der Waals surface area contributed by atoms with E-state index in [1.165, 1.54) is 19.3 Å². The van der Waals surface area contributed by atoms with Gasteiger partial charge in [0.2, 0.25) is 5.91 Å². The van der Waals surface area contributed by atoms with Crippen LogP contribution in [0.3, 0.4) is 0 Å². The first-order valence-corrected chi connectivity index (χ1v) is 9.53. The number of carbonyl (C=O) groups is 1. The summed E-state index contributed by atoms with van der Waals surface area (Å²) < 4.78 is 7.66. The molecule has 0 saturated carbocycles. The molecule has 1 fully saturated rings. The Labute approximate surface area is 148 Å². The van der Waals surface area contributed by atoms with Crippen LogP contribution >= 0.6 is 0 Å². The summed E-state index contributed by atoms with van der Waals surface area (Å²) in [4.78, 5) is 14.6. The maximum Gasteiger partial charge on any atom is 0.223 e. The molecule has 6 nitrogen and oxygen atoms in total. The third-order valence-electron chi connectivity index (χ3n) is 5.44. The lowest BCUT2D eigenvalue weighted by Crippen LogP contribution is -2.40. The van der Waals surface area contributed by atoms with Crippen molar-refractivity contribution in [1.82, 2.24) is 19.7 Å². The molecule has 25 heavy (non-hydrogen) atoms. The molecule has 6 heteroatoms. The molecule has 2 aliphatic rings. The molecule has 1 unspecified atom stereocenters. The van der Waals surface area contributed by atoms with Crippen LogP contribution in [-0.4, -0.2) is 38.7 Å². The number of amides is 1. The fraction of sp³-hybridized carbons (Fsp3) is 0.632. The van der Waals surface area contributed by atoms with E-state index in [0.717, 1.165) is 56.3 Å². The van der Waals surface area contributed by atoms with E-state index in [1.807, 2.05) is 17.0 Å². The average Bonchev–Trinajstić information content (AvgIpc) is 3.25. The summed E-state index contributed by atoms with van der Waals surface area (Å²) in [7, 11) is 0. The van der Waals surface area contributed by atoms with E-state index in [-0.39, 0.29) is 5.91 Å². The molecule has 4 rings (SSSR count). The number of aromatic nitrogens is 3. The molecule has 1 atom stereocenters. The molecule has 1 amide bonds. The van der Waals surface area contributed by atoms with Gasteiger partial charge in [-0.3, -0.25) is 4.79 Å². The summed E-state index contributed by atoms with van der Waals surface area (Å²) in [6.45, 7) is 2.66. The highest BCUT2D eigenvalue weighted by atomic mass is 16.3. The molecule has 2 aromatic heterocycles. The summed E-state index contributed by atoms with van der Waals surface area (Å²) in [5.41, 5.74) is 0. The lowest BCUT2D eigenvalue weighted by molar-refractivity contribution is -0.132. The summed E-state index contributed by atoms with van der Waals surface area (Å²) in [6.07, 6.45) is 9.70. The molecular weight excluding hydrogens is 316 g/mol. The largest absolute Gasteiger partial charge is 0.469 e. The minimum atomic E-state index is 0.219. The summed E-state index contributed by atoms with van der Waals surface area (Å²) in [5, 5.41) is 8.93. The van der Waals surface area contributed by atoms with Gasteiger partial charge in [0.1, 0.15) is 17.4 Å². The fourth-order valence-corrected chi connectivity index (χ4v) is 4.07. The van der Waals surface area contributed by atoms with Crippen LogP contribution in [0.2, 0.25) is 0 Å². The molecule has 0 spiro atoms. The van der Waals surface area contributed by atoms with Crippen LogP contribution in [0.1, 0.15) is 61.9 Å². The monoisotopic (exact) mass is 342 g/mol. The number of aryl methyl sites for hydroxylation is 2. The maximum absolute atomic E-state index is 12.6. The Balaban J connectivity index is 1.41. The van der Waals surface area contributed by atoms with Gasteiger partial charge in [-0.15, -0.1) is 10.2 Å². The Morgan fingerprint density at radius 2 is 2.16 bits per heavy atom. The molecule has 1 saturated heterocycles. The second-order valence-corrected chi connectivity index (χ2v) is 7.19. The van der Waals surface area contributed by atoms with Crippen LogP contribution in [-0.2, 0) is 24.2 Å². The van der Waals surface area contributed by atoms with Crippen molar-refractivity contribution < 1.29 is 9.21 Å². The zero-order chi connectivity index (χ0) is 17.1. The quantitative estimate of drug-likeness (QED) is 0.857. The van der Waals surface area contributed by atoms with Crippen molar-refractivity contribution in [2.24, 2.45) is 0 Å². The number of furan rings is 1. The number of nitrogens with zero attached hydrogens (tertiary/aromatic N) is 4.